The molecule has 1 rings (SSSR count). The average Bonchev–Trinajstić information content (AvgIpc) is 2.25. The zero-order chi connectivity index (χ0) is 12.1. The number of Topliss-reactive ketones (excluding diaryl/α,β-unsaturated/α-hetero) is 1. The molecule has 1 aromatic carbocycles. The molecular formula is C13H18BrNO. The van der Waals surface area contributed by atoms with Crippen LogP contribution in [0.15, 0.2) is 28.7 Å². The van der Waals surface area contributed by atoms with E-state index in [4.69, 9.17) is 0 Å². The van der Waals surface area contributed by atoms with Gasteiger partial charge in [0.2, 0.25) is 0 Å². The van der Waals surface area contributed by atoms with Crippen LogP contribution in [0.1, 0.15) is 24.2 Å². The van der Waals surface area contributed by atoms with Gasteiger partial charge < -0.3 is 5.32 Å². The lowest BCUT2D eigenvalue weighted by Gasteiger charge is -2.19. The van der Waals surface area contributed by atoms with E-state index >= 15 is 0 Å². The summed E-state index contributed by atoms with van der Waals surface area (Å²) >= 11 is 3.37. The van der Waals surface area contributed by atoms with Crippen LogP contribution >= 0.6 is 15.9 Å². The quantitative estimate of drug-likeness (QED) is 0.842. The van der Waals surface area contributed by atoms with E-state index < -0.39 is 0 Å². The van der Waals surface area contributed by atoms with Gasteiger partial charge in [-0.2, -0.15) is 0 Å². The van der Waals surface area contributed by atoms with Crippen LogP contribution in [0.2, 0.25) is 0 Å². The molecular weight excluding hydrogens is 266 g/mol. The van der Waals surface area contributed by atoms with E-state index in [9.17, 15) is 4.79 Å². The van der Waals surface area contributed by atoms with Crippen LogP contribution in [0.3, 0.4) is 0 Å². The minimum absolute atomic E-state index is 0.0474. The highest BCUT2D eigenvalue weighted by molar-refractivity contribution is 9.10. The maximum absolute atomic E-state index is 12.2. The van der Waals surface area contributed by atoms with Gasteiger partial charge in [-0.3, -0.25) is 4.79 Å². The van der Waals surface area contributed by atoms with E-state index in [0.29, 0.717) is 5.92 Å². The van der Waals surface area contributed by atoms with E-state index in [1.807, 2.05) is 31.3 Å². The molecule has 0 saturated heterocycles. The van der Waals surface area contributed by atoms with Crippen LogP contribution in [0, 0.1) is 11.8 Å². The molecule has 88 valence electrons. The second kappa shape index (κ2) is 6.16. The summed E-state index contributed by atoms with van der Waals surface area (Å²) in [6, 6.07) is 7.56. The topological polar surface area (TPSA) is 29.1 Å². The summed E-state index contributed by atoms with van der Waals surface area (Å²) in [5, 5.41) is 3.08. The number of benzene rings is 1. The number of ketones is 1. The standard InChI is InChI=1S/C13H18BrNO/c1-9(2)12(8-15-3)13(16)10-4-6-11(14)7-5-10/h4-7,9,12,15H,8H2,1-3H3. The summed E-state index contributed by atoms with van der Waals surface area (Å²) in [5.74, 6) is 0.617. The third kappa shape index (κ3) is 3.42. The van der Waals surface area contributed by atoms with Gasteiger partial charge in [0.25, 0.3) is 0 Å². The van der Waals surface area contributed by atoms with Crippen molar-refractivity contribution in [2.45, 2.75) is 13.8 Å². The van der Waals surface area contributed by atoms with E-state index in [1.54, 1.807) is 0 Å². The van der Waals surface area contributed by atoms with Crippen molar-refractivity contribution in [1.29, 1.82) is 0 Å². The maximum Gasteiger partial charge on any atom is 0.167 e. The molecule has 1 aromatic rings. The van der Waals surface area contributed by atoms with E-state index in [1.165, 1.54) is 0 Å². The summed E-state index contributed by atoms with van der Waals surface area (Å²) in [6.07, 6.45) is 0. The Balaban J connectivity index is 2.86. The average molecular weight is 284 g/mol. The smallest absolute Gasteiger partial charge is 0.167 e. The molecule has 0 amide bonds. The number of carbonyl (C=O) groups excluding carboxylic acids is 1. The molecule has 0 radical (unpaired) electrons. The van der Waals surface area contributed by atoms with Crippen molar-refractivity contribution in [1.82, 2.24) is 5.32 Å². The number of halogens is 1. The van der Waals surface area contributed by atoms with Crippen LogP contribution < -0.4 is 5.32 Å². The van der Waals surface area contributed by atoms with Crippen molar-refractivity contribution in [3.8, 4) is 0 Å². The fourth-order valence-electron chi connectivity index (χ4n) is 1.68. The molecule has 1 unspecified atom stereocenters. The zero-order valence-electron chi connectivity index (χ0n) is 9.96. The summed E-state index contributed by atoms with van der Waals surface area (Å²) < 4.78 is 0.999. The van der Waals surface area contributed by atoms with E-state index in [-0.39, 0.29) is 11.7 Å². The first-order chi connectivity index (χ1) is 7.56. The van der Waals surface area contributed by atoms with Gasteiger partial charge in [0.05, 0.1) is 0 Å². The van der Waals surface area contributed by atoms with Crippen molar-refractivity contribution in [2.24, 2.45) is 11.8 Å². The Morgan fingerprint density at radius 3 is 2.31 bits per heavy atom. The lowest BCUT2D eigenvalue weighted by molar-refractivity contribution is 0.0886. The van der Waals surface area contributed by atoms with Gasteiger partial charge in [0.1, 0.15) is 0 Å². The van der Waals surface area contributed by atoms with Crippen LogP contribution in [-0.4, -0.2) is 19.4 Å². The Morgan fingerprint density at radius 2 is 1.88 bits per heavy atom. The second-order valence-electron chi connectivity index (χ2n) is 4.28. The van der Waals surface area contributed by atoms with Gasteiger partial charge in [0, 0.05) is 22.5 Å². The highest BCUT2D eigenvalue weighted by atomic mass is 79.9. The van der Waals surface area contributed by atoms with Crippen LogP contribution in [0.25, 0.3) is 0 Å². The molecule has 0 saturated carbocycles. The predicted octanol–water partition coefficient (Wildman–Crippen LogP) is 3.12. The Morgan fingerprint density at radius 1 is 1.31 bits per heavy atom. The molecule has 1 N–H and O–H groups in total. The molecule has 0 bridgehead atoms. The molecule has 3 heteroatoms. The summed E-state index contributed by atoms with van der Waals surface area (Å²) in [6.45, 7) is 4.89. The third-order valence-electron chi connectivity index (χ3n) is 2.69. The largest absolute Gasteiger partial charge is 0.319 e. The van der Waals surface area contributed by atoms with Crippen LogP contribution in [0.4, 0.5) is 0 Å². The Hall–Kier alpha value is -0.670. The predicted molar refractivity (Wildman–Crippen MR) is 70.7 cm³/mol. The lowest BCUT2D eigenvalue weighted by atomic mass is 9.88. The molecule has 0 aromatic heterocycles. The van der Waals surface area contributed by atoms with Crippen LogP contribution in [-0.2, 0) is 0 Å². The highest BCUT2D eigenvalue weighted by Gasteiger charge is 2.22. The third-order valence-corrected chi connectivity index (χ3v) is 3.22. The number of rotatable bonds is 5. The first kappa shape index (κ1) is 13.4. The second-order valence-corrected chi connectivity index (χ2v) is 5.20. The van der Waals surface area contributed by atoms with E-state index in [0.717, 1.165) is 16.6 Å². The summed E-state index contributed by atoms with van der Waals surface area (Å²) in [4.78, 5) is 12.2. The number of hydrogen-bond acceptors (Lipinski definition) is 2. The van der Waals surface area contributed by atoms with Crippen molar-refractivity contribution < 1.29 is 4.79 Å². The Kier molecular flexibility index (Phi) is 5.16. The van der Waals surface area contributed by atoms with Gasteiger partial charge in [0.15, 0.2) is 5.78 Å². The van der Waals surface area contributed by atoms with Gasteiger partial charge in [-0.25, -0.2) is 0 Å². The molecule has 16 heavy (non-hydrogen) atoms. The molecule has 0 aliphatic heterocycles. The first-order valence-corrected chi connectivity index (χ1v) is 6.30. The zero-order valence-corrected chi connectivity index (χ0v) is 11.5. The number of carbonyl (C=O) groups is 1. The van der Waals surface area contributed by atoms with Gasteiger partial charge >= 0.3 is 0 Å². The highest BCUT2D eigenvalue weighted by Crippen LogP contribution is 2.18. The fourth-order valence-corrected chi connectivity index (χ4v) is 1.94. The summed E-state index contributed by atoms with van der Waals surface area (Å²) in [5.41, 5.74) is 0.789. The molecule has 0 aliphatic rings. The summed E-state index contributed by atoms with van der Waals surface area (Å²) in [7, 11) is 1.88. The van der Waals surface area contributed by atoms with Crippen molar-refractivity contribution in [3.63, 3.8) is 0 Å². The molecule has 0 aliphatic carbocycles. The Bertz CT molecular complexity index is 345. The van der Waals surface area contributed by atoms with Crippen LogP contribution in [0.5, 0.6) is 0 Å². The molecule has 0 spiro atoms. The minimum atomic E-state index is 0.0474. The van der Waals surface area contributed by atoms with Gasteiger partial charge in [-0.05, 0) is 25.1 Å². The Labute approximate surface area is 106 Å². The molecule has 1 atom stereocenters. The molecule has 0 heterocycles. The first-order valence-electron chi connectivity index (χ1n) is 5.50. The normalized spacial score (nSPS) is 12.8. The SMILES string of the molecule is CNCC(C(=O)c1ccc(Br)cc1)C(C)C. The van der Waals surface area contributed by atoms with Crippen molar-refractivity contribution >= 4 is 21.7 Å². The number of hydrogen-bond donors (Lipinski definition) is 1. The molecule has 0 fully saturated rings. The van der Waals surface area contributed by atoms with Gasteiger partial charge in [-0.1, -0.05) is 41.9 Å². The van der Waals surface area contributed by atoms with E-state index in [2.05, 4.69) is 35.1 Å². The van der Waals surface area contributed by atoms with Crippen molar-refractivity contribution in [3.05, 3.63) is 34.3 Å². The molecule has 2 nitrogen and oxygen atoms in total. The number of nitrogens with one attached hydrogen (secondary N) is 1. The minimum Gasteiger partial charge on any atom is -0.319 e. The fraction of sp³-hybridized carbons (Fsp3) is 0.462. The van der Waals surface area contributed by atoms with Crippen molar-refractivity contribution in [2.75, 3.05) is 13.6 Å². The monoisotopic (exact) mass is 283 g/mol. The lowest BCUT2D eigenvalue weighted by Crippen LogP contribution is -2.30. The maximum atomic E-state index is 12.2. The van der Waals surface area contributed by atoms with Gasteiger partial charge in [-0.15, -0.1) is 0 Å².